The zero-order valence-corrected chi connectivity index (χ0v) is 16.4. The molecule has 1 fully saturated rings. The van der Waals surface area contributed by atoms with Crippen LogP contribution in [-0.2, 0) is 9.59 Å². The Balaban J connectivity index is 1.75. The average molecular weight is 424 g/mol. The Morgan fingerprint density at radius 1 is 1.00 bits per heavy atom. The summed E-state index contributed by atoms with van der Waals surface area (Å²) < 4.78 is 1.80. The van der Waals surface area contributed by atoms with Gasteiger partial charge in [-0.1, -0.05) is 17.7 Å². The summed E-state index contributed by atoms with van der Waals surface area (Å²) in [5, 5.41) is 12.5. The first kappa shape index (κ1) is 18.9. The van der Waals surface area contributed by atoms with Gasteiger partial charge in [-0.3, -0.25) is 19.8 Å². The van der Waals surface area contributed by atoms with E-state index in [1.54, 1.807) is 71.4 Å². The van der Waals surface area contributed by atoms with Crippen molar-refractivity contribution in [1.82, 2.24) is 9.88 Å². The lowest BCUT2D eigenvalue weighted by atomic mass is 10.1. The Hall–Kier alpha value is -3.42. The third kappa shape index (κ3) is 3.65. The zero-order valence-electron chi connectivity index (χ0n) is 14.9. The molecule has 29 heavy (non-hydrogen) atoms. The summed E-state index contributed by atoms with van der Waals surface area (Å²) >= 11 is 11.2. The molecule has 0 unspecified atom stereocenters. The Morgan fingerprint density at radius 2 is 1.76 bits per heavy atom. The molecule has 6 nitrogen and oxygen atoms in total. The highest BCUT2D eigenvalue weighted by Crippen LogP contribution is 2.25. The van der Waals surface area contributed by atoms with Crippen LogP contribution in [0.1, 0.15) is 5.69 Å². The quantitative estimate of drug-likeness (QED) is 0.383. The summed E-state index contributed by atoms with van der Waals surface area (Å²) in [7, 11) is 0. The SMILES string of the molecule is O=C1NC(=S)N(c2cccc(Cl)c2)C(=O)/C1=C/c1cccn1-c1ccc(O)cc1. The lowest BCUT2D eigenvalue weighted by molar-refractivity contribution is -0.122. The van der Waals surface area contributed by atoms with Gasteiger partial charge in [0.1, 0.15) is 11.3 Å². The number of phenols is 1. The Labute approximate surface area is 176 Å². The number of amides is 2. The summed E-state index contributed by atoms with van der Waals surface area (Å²) in [5.74, 6) is -0.968. The maximum absolute atomic E-state index is 13.1. The lowest BCUT2D eigenvalue weighted by Gasteiger charge is -2.29. The molecular formula is C21H14ClN3O3S. The molecule has 4 rings (SSSR count). The molecule has 8 heteroatoms. The number of rotatable bonds is 3. The molecule has 1 saturated heterocycles. The molecule has 3 aromatic rings. The second-order valence-electron chi connectivity index (χ2n) is 6.26. The van der Waals surface area contributed by atoms with Crippen LogP contribution in [0.5, 0.6) is 5.75 Å². The first-order chi connectivity index (χ1) is 13.9. The van der Waals surface area contributed by atoms with Crippen LogP contribution >= 0.6 is 23.8 Å². The van der Waals surface area contributed by atoms with Crippen molar-refractivity contribution in [3.8, 4) is 11.4 Å². The summed E-state index contributed by atoms with van der Waals surface area (Å²) in [5.41, 5.74) is 1.79. The van der Waals surface area contributed by atoms with Crippen LogP contribution in [0.25, 0.3) is 11.8 Å². The number of nitrogens with one attached hydrogen (secondary N) is 1. The van der Waals surface area contributed by atoms with E-state index >= 15 is 0 Å². The van der Waals surface area contributed by atoms with Crippen LogP contribution in [0, 0.1) is 0 Å². The van der Waals surface area contributed by atoms with E-state index in [0.29, 0.717) is 16.4 Å². The Kier molecular flexibility index (Phi) is 4.92. The van der Waals surface area contributed by atoms with E-state index in [1.165, 1.54) is 11.0 Å². The monoisotopic (exact) mass is 423 g/mol. The van der Waals surface area contributed by atoms with E-state index in [-0.39, 0.29) is 16.4 Å². The van der Waals surface area contributed by atoms with Gasteiger partial charge in [-0.25, -0.2) is 0 Å². The molecule has 1 aliphatic heterocycles. The zero-order chi connectivity index (χ0) is 20.5. The van der Waals surface area contributed by atoms with Gasteiger partial charge in [0.2, 0.25) is 0 Å². The van der Waals surface area contributed by atoms with Crippen molar-refractivity contribution in [3.63, 3.8) is 0 Å². The summed E-state index contributed by atoms with van der Waals surface area (Å²) in [4.78, 5) is 26.8. The molecule has 0 spiro atoms. The number of aromatic hydroxyl groups is 1. The van der Waals surface area contributed by atoms with Gasteiger partial charge < -0.3 is 9.67 Å². The van der Waals surface area contributed by atoms with E-state index in [1.807, 2.05) is 0 Å². The minimum Gasteiger partial charge on any atom is -0.508 e. The smallest absolute Gasteiger partial charge is 0.270 e. The van der Waals surface area contributed by atoms with E-state index in [4.69, 9.17) is 23.8 Å². The molecule has 144 valence electrons. The van der Waals surface area contributed by atoms with Crippen LogP contribution < -0.4 is 10.2 Å². The fourth-order valence-corrected chi connectivity index (χ4v) is 3.48. The average Bonchev–Trinajstić information content (AvgIpc) is 3.14. The van der Waals surface area contributed by atoms with Gasteiger partial charge in [0, 0.05) is 22.6 Å². The molecule has 2 heterocycles. The van der Waals surface area contributed by atoms with Gasteiger partial charge in [0.15, 0.2) is 5.11 Å². The van der Waals surface area contributed by atoms with Gasteiger partial charge in [0.25, 0.3) is 11.8 Å². The van der Waals surface area contributed by atoms with E-state index in [0.717, 1.165) is 5.69 Å². The first-order valence-electron chi connectivity index (χ1n) is 8.58. The second kappa shape index (κ2) is 7.54. The van der Waals surface area contributed by atoms with E-state index < -0.39 is 11.8 Å². The van der Waals surface area contributed by atoms with Gasteiger partial charge >= 0.3 is 0 Å². The minimum atomic E-state index is -0.572. The van der Waals surface area contributed by atoms with Crippen molar-refractivity contribution in [2.45, 2.75) is 0 Å². The molecule has 1 aliphatic rings. The number of anilines is 1. The first-order valence-corrected chi connectivity index (χ1v) is 9.36. The highest BCUT2D eigenvalue weighted by molar-refractivity contribution is 7.80. The number of hydrogen-bond donors (Lipinski definition) is 2. The van der Waals surface area contributed by atoms with Crippen LogP contribution in [-0.4, -0.2) is 26.6 Å². The van der Waals surface area contributed by atoms with Crippen LogP contribution in [0.2, 0.25) is 5.02 Å². The van der Waals surface area contributed by atoms with Gasteiger partial charge in [-0.05, 0) is 72.9 Å². The molecule has 2 N–H and O–H groups in total. The molecule has 2 amide bonds. The maximum Gasteiger partial charge on any atom is 0.270 e. The molecule has 0 radical (unpaired) electrons. The molecule has 2 aromatic carbocycles. The second-order valence-corrected chi connectivity index (χ2v) is 7.08. The number of hydrogen-bond acceptors (Lipinski definition) is 4. The lowest BCUT2D eigenvalue weighted by Crippen LogP contribution is -2.54. The number of thiocarbonyl (C=S) groups is 1. The summed E-state index contributed by atoms with van der Waals surface area (Å²) in [6, 6.07) is 16.8. The largest absolute Gasteiger partial charge is 0.508 e. The molecule has 0 bridgehead atoms. The number of nitrogens with zero attached hydrogens (tertiary/aromatic N) is 2. The number of halogens is 1. The van der Waals surface area contributed by atoms with Crippen molar-refractivity contribution >= 4 is 52.5 Å². The highest BCUT2D eigenvalue weighted by atomic mass is 35.5. The number of aromatic nitrogens is 1. The molecule has 0 atom stereocenters. The van der Waals surface area contributed by atoms with Crippen LogP contribution in [0.4, 0.5) is 5.69 Å². The molecule has 1 aromatic heterocycles. The fraction of sp³-hybridized carbons (Fsp3) is 0. The molecule has 0 aliphatic carbocycles. The van der Waals surface area contributed by atoms with Crippen LogP contribution in [0.3, 0.4) is 0 Å². The van der Waals surface area contributed by atoms with Crippen molar-refractivity contribution in [2.24, 2.45) is 0 Å². The predicted octanol–water partition coefficient (Wildman–Crippen LogP) is 3.67. The van der Waals surface area contributed by atoms with Crippen molar-refractivity contribution in [1.29, 1.82) is 0 Å². The van der Waals surface area contributed by atoms with Crippen LogP contribution in [0.15, 0.2) is 72.4 Å². The number of carbonyl (C=O) groups is 2. The van der Waals surface area contributed by atoms with Crippen molar-refractivity contribution in [3.05, 3.63) is 83.2 Å². The van der Waals surface area contributed by atoms with Gasteiger partial charge in [0.05, 0.1) is 5.69 Å². The topological polar surface area (TPSA) is 74.6 Å². The van der Waals surface area contributed by atoms with E-state index in [2.05, 4.69) is 5.32 Å². The Morgan fingerprint density at radius 3 is 2.48 bits per heavy atom. The molecular weight excluding hydrogens is 410 g/mol. The third-order valence-corrected chi connectivity index (χ3v) is 4.89. The van der Waals surface area contributed by atoms with Crippen molar-refractivity contribution in [2.75, 3.05) is 4.90 Å². The standard InChI is InChI=1S/C21H14ClN3O3S/c22-13-3-1-4-16(11-13)25-20(28)18(19(27)23-21(25)29)12-15-5-2-10-24(15)14-6-8-17(26)9-7-14/h1-12,26H,(H,23,27,29)/b18-12+. The number of benzene rings is 2. The Bertz CT molecular complexity index is 1170. The van der Waals surface area contributed by atoms with Gasteiger partial charge in [-0.2, -0.15) is 0 Å². The van der Waals surface area contributed by atoms with E-state index in [9.17, 15) is 14.7 Å². The maximum atomic E-state index is 13.1. The fourth-order valence-electron chi connectivity index (χ4n) is 3.02. The number of phenolic OH excluding ortho intramolecular Hbond substituents is 1. The highest BCUT2D eigenvalue weighted by Gasteiger charge is 2.34. The van der Waals surface area contributed by atoms with Gasteiger partial charge in [-0.15, -0.1) is 0 Å². The minimum absolute atomic E-state index is 0.00617. The number of carbonyl (C=O) groups excluding carboxylic acids is 2. The summed E-state index contributed by atoms with van der Waals surface area (Å²) in [6.07, 6.45) is 3.30. The third-order valence-electron chi connectivity index (χ3n) is 4.37. The predicted molar refractivity (Wildman–Crippen MR) is 115 cm³/mol. The van der Waals surface area contributed by atoms with Crippen molar-refractivity contribution < 1.29 is 14.7 Å². The summed E-state index contributed by atoms with van der Waals surface area (Å²) in [6.45, 7) is 0. The normalized spacial score (nSPS) is 15.7. The molecule has 0 saturated carbocycles.